The maximum Gasteiger partial charge on any atom is 0.258 e. The summed E-state index contributed by atoms with van der Waals surface area (Å²) in [7, 11) is 0. The molecule has 0 spiro atoms. The maximum absolute atomic E-state index is 14.0. The number of rotatable bonds is 8. The first-order valence-corrected chi connectivity index (χ1v) is 12.8. The summed E-state index contributed by atoms with van der Waals surface area (Å²) in [4.78, 5) is 19.2. The van der Waals surface area contributed by atoms with Crippen LogP contribution < -0.4 is 5.56 Å². The van der Waals surface area contributed by atoms with Crippen LogP contribution in [0.4, 0.5) is 0 Å². The summed E-state index contributed by atoms with van der Waals surface area (Å²) in [5.74, 6) is 1.61. The van der Waals surface area contributed by atoms with Crippen LogP contribution in [0.1, 0.15) is 57.2 Å². The Morgan fingerprint density at radius 3 is 2.53 bits per heavy atom. The first-order valence-electron chi connectivity index (χ1n) is 11.8. The zero-order valence-electron chi connectivity index (χ0n) is 19.7. The number of hydrogen-bond donors (Lipinski definition) is 0. The minimum atomic E-state index is -0.191. The normalized spacial score (nSPS) is 17.3. The lowest BCUT2D eigenvalue weighted by Crippen LogP contribution is -2.40. The minimum Gasteiger partial charge on any atom is -0.287 e. The van der Waals surface area contributed by atoms with E-state index in [1.165, 1.54) is 11.1 Å². The van der Waals surface area contributed by atoms with Crippen LogP contribution in [0.2, 0.25) is 0 Å². The largest absolute Gasteiger partial charge is 0.287 e. The fourth-order valence-corrected chi connectivity index (χ4v) is 5.83. The van der Waals surface area contributed by atoms with Crippen molar-refractivity contribution in [3.63, 3.8) is 0 Å². The van der Waals surface area contributed by atoms with Crippen LogP contribution in [0.5, 0.6) is 0 Å². The van der Waals surface area contributed by atoms with E-state index in [0.717, 1.165) is 53.4 Å². The molecule has 0 fully saturated rings. The summed E-state index contributed by atoms with van der Waals surface area (Å²) in [5, 5.41) is 0.862. The lowest BCUT2D eigenvalue weighted by Gasteiger charge is -2.36. The van der Waals surface area contributed by atoms with E-state index in [4.69, 9.17) is 4.98 Å². The average molecular weight is 447 g/mol. The summed E-state index contributed by atoms with van der Waals surface area (Å²) in [5.41, 5.74) is 5.45. The predicted molar refractivity (Wildman–Crippen MR) is 136 cm³/mol. The van der Waals surface area contributed by atoms with E-state index in [2.05, 4.69) is 76.2 Å². The third-order valence-corrected chi connectivity index (χ3v) is 7.77. The lowest BCUT2D eigenvalue weighted by molar-refractivity contribution is 0.427. The fraction of sp³-hybridized carbons (Fsp3) is 0.429. The highest BCUT2D eigenvalue weighted by molar-refractivity contribution is 7.99. The molecule has 0 radical (unpaired) electrons. The highest BCUT2D eigenvalue weighted by Gasteiger charge is 2.38. The summed E-state index contributed by atoms with van der Waals surface area (Å²) in [6.07, 6.45) is 3.75. The lowest BCUT2D eigenvalue weighted by atomic mass is 9.69. The van der Waals surface area contributed by atoms with Gasteiger partial charge < -0.3 is 0 Å². The molecule has 0 aliphatic heterocycles. The minimum absolute atomic E-state index is 0.150. The number of aryl methyl sites for hydroxylation is 1. The van der Waals surface area contributed by atoms with E-state index >= 15 is 0 Å². The van der Waals surface area contributed by atoms with Crippen molar-refractivity contribution in [1.29, 1.82) is 0 Å². The van der Waals surface area contributed by atoms with Crippen molar-refractivity contribution in [3.8, 4) is 11.3 Å². The fourth-order valence-electron chi connectivity index (χ4n) is 4.57. The van der Waals surface area contributed by atoms with Crippen LogP contribution in [-0.4, -0.2) is 15.3 Å². The van der Waals surface area contributed by atoms with Gasteiger partial charge in [-0.25, -0.2) is 4.98 Å². The topological polar surface area (TPSA) is 34.9 Å². The molecular formula is C28H34N2OS. The molecule has 0 saturated heterocycles. The number of hydrogen-bond acceptors (Lipinski definition) is 3. The molecule has 168 valence electrons. The molecule has 0 saturated carbocycles. The van der Waals surface area contributed by atoms with E-state index in [1.807, 2.05) is 10.6 Å². The van der Waals surface area contributed by atoms with Crippen molar-refractivity contribution in [2.24, 2.45) is 5.92 Å². The van der Waals surface area contributed by atoms with E-state index in [-0.39, 0.29) is 11.0 Å². The summed E-state index contributed by atoms with van der Waals surface area (Å²) in [6.45, 7) is 9.57. The molecule has 2 aromatic carbocycles. The van der Waals surface area contributed by atoms with Gasteiger partial charge >= 0.3 is 0 Å². The number of thioether (sulfide) groups is 1. The molecule has 32 heavy (non-hydrogen) atoms. The van der Waals surface area contributed by atoms with Crippen LogP contribution in [0.3, 0.4) is 0 Å². The molecule has 1 heterocycles. The van der Waals surface area contributed by atoms with Gasteiger partial charge in [-0.05, 0) is 42.7 Å². The van der Waals surface area contributed by atoms with Gasteiger partial charge in [0.2, 0.25) is 0 Å². The molecule has 3 nitrogen and oxygen atoms in total. The zero-order valence-corrected chi connectivity index (χ0v) is 20.5. The van der Waals surface area contributed by atoms with Gasteiger partial charge in [-0.1, -0.05) is 94.1 Å². The second-order valence-corrected chi connectivity index (χ2v) is 10.7. The highest BCUT2D eigenvalue weighted by atomic mass is 32.2. The van der Waals surface area contributed by atoms with Gasteiger partial charge in [0.1, 0.15) is 0 Å². The molecule has 0 N–H and O–H groups in total. The van der Waals surface area contributed by atoms with Crippen molar-refractivity contribution < 1.29 is 0 Å². The summed E-state index contributed by atoms with van der Waals surface area (Å²) < 4.78 is 1.96. The number of fused-ring (bicyclic) bond motifs is 3. The first-order chi connectivity index (χ1) is 15.4. The van der Waals surface area contributed by atoms with Crippen LogP contribution in [0.25, 0.3) is 11.3 Å². The van der Waals surface area contributed by atoms with E-state index in [9.17, 15) is 4.79 Å². The quantitative estimate of drug-likeness (QED) is 0.292. The Hall–Kier alpha value is -2.33. The Kier molecular flexibility index (Phi) is 6.90. The highest BCUT2D eigenvalue weighted by Crippen LogP contribution is 2.43. The monoisotopic (exact) mass is 446 g/mol. The maximum atomic E-state index is 14.0. The molecule has 0 amide bonds. The smallest absolute Gasteiger partial charge is 0.258 e. The average Bonchev–Trinajstić information content (AvgIpc) is 2.79. The van der Waals surface area contributed by atoms with E-state index in [0.29, 0.717) is 12.5 Å². The van der Waals surface area contributed by atoms with Gasteiger partial charge in [-0.2, -0.15) is 0 Å². The van der Waals surface area contributed by atoms with Gasteiger partial charge in [0, 0.05) is 23.3 Å². The molecule has 1 aromatic heterocycles. The standard InChI is InChI=1S/C28H34N2OS/c1-5-28(4)19-22-13-9-10-14-23(22)25-24(28)26(31)30(17-15-21-11-7-6-8-12-21)27(29-25)32-18-16-20(2)3/h6-14,20H,5,15-19H2,1-4H3/t28-/m0/s1. The Balaban J connectivity index is 1.83. The van der Waals surface area contributed by atoms with Gasteiger partial charge in [-0.3, -0.25) is 9.36 Å². The molecular weight excluding hydrogens is 412 g/mol. The Morgan fingerprint density at radius 1 is 1.09 bits per heavy atom. The third kappa shape index (κ3) is 4.56. The first kappa shape index (κ1) is 22.8. The van der Waals surface area contributed by atoms with E-state index < -0.39 is 0 Å². The zero-order chi connectivity index (χ0) is 22.7. The van der Waals surface area contributed by atoms with Gasteiger partial charge in [0.25, 0.3) is 5.56 Å². The van der Waals surface area contributed by atoms with Gasteiger partial charge in [0.05, 0.1) is 11.3 Å². The second-order valence-electron chi connectivity index (χ2n) is 9.59. The molecule has 0 unspecified atom stereocenters. The molecule has 1 aliphatic carbocycles. The van der Waals surface area contributed by atoms with Crippen molar-refractivity contribution in [3.05, 3.63) is 81.6 Å². The van der Waals surface area contributed by atoms with Crippen LogP contribution in [-0.2, 0) is 24.8 Å². The van der Waals surface area contributed by atoms with Gasteiger partial charge in [-0.15, -0.1) is 0 Å². The summed E-state index contributed by atoms with van der Waals surface area (Å²) in [6, 6.07) is 18.9. The molecule has 1 aliphatic rings. The predicted octanol–water partition coefficient (Wildman–Crippen LogP) is 6.52. The number of nitrogens with zero attached hydrogens (tertiary/aromatic N) is 2. The van der Waals surface area contributed by atoms with Crippen molar-refractivity contribution in [2.75, 3.05) is 5.75 Å². The number of aromatic nitrogens is 2. The molecule has 4 rings (SSSR count). The van der Waals surface area contributed by atoms with Crippen molar-refractivity contribution >= 4 is 11.8 Å². The Morgan fingerprint density at radius 2 is 1.81 bits per heavy atom. The molecule has 3 aromatic rings. The number of benzene rings is 2. The molecule has 1 atom stereocenters. The SMILES string of the molecule is CC[C@@]1(C)Cc2ccccc2-c2nc(SCCC(C)C)n(CCc3ccccc3)c(=O)c21. The van der Waals surface area contributed by atoms with Crippen molar-refractivity contribution in [2.45, 2.75) is 70.5 Å². The van der Waals surface area contributed by atoms with E-state index in [1.54, 1.807) is 11.8 Å². The Bertz CT molecular complexity index is 1140. The molecule has 0 bridgehead atoms. The van der Waals surface area contributed by atoms with Gasteiger partial charge in [0.15, 0.2) is 5.16 Å². The van der Waals surface area contributed by atoms with Crippen LogP contribution in [0, 0.1) is 5.92 Å². The third-order valence-electron chi connectivity index (χ3n) is 6.76. The van der Waals surface area contributed by atoms with Crippen molar-refractivity contribution in [1.82, 2.24) is 9.55 Å². The Labute approximate surface area is 196 Å². The molecule has 4 heteroatoms. The summed E-state index contributed by atoms with van der Waals surface area (Å²) >= 11 is 1.73. The van der Waals surface area contributed by atoms with Crippen LogP contribution >= 0.6 is 11.8 Å². The second kappa shape index (κ2) is 9.66. The van der Waals surface area contributed by atoms with Crippen LogP contribution in [0.15, 0.2) is 64.5 Å².